The first kappa shape index (κ1) is 17.7. The number of nitrogens with one attached hydrogen (secondary N) is 2. The second-order valence-corrected chi connectivity index (χ2v) is 6.95. The van der Waals surface area contributed by atoms with Gasteiger partial charge in [0.25, 0.3) is 0 Å². The summed E-state index contributed by atoms with van der Waals surface area (Å²) < 4.78 is 1.87. The van der Waals surface area contributed by atoms with Crippen LogP contribution in [0.3, 0.4) is 0 Å². The average Bonchev–Trinajstić information content (AvgIpc) is 3.35. The number of guanidine groups is 1. The molecule has 25 heavy (non-hydrogen) atoms. The van der Waals surface area contributed by atoms with Crippen molar-refractivity contribution < 1.29 is 4.79 Å². The molecule has 2 fully saturated rings. The third-order valence-corrected chi connectivity index (χ3v) is 5.07. The molecule has 8 heteroatoms. The summed E-state index contributed by atoms with van der Waals surface area (Å²) in [4.78, 5) is 19.2. The number of amides is 1. The maximum Gasteiger partial charge on any atom is 0.225 e. The standard InChI is InChI=1S/C17H29N7O/c1-3-18-17(19-10-15-22-20-12-23(15)2)21-14-8-9-24(11-14)16(25)13-6-4-5-7-13/h12-14H,3-11H2,1-2H3,(H2,18,19,21). The summed E-state index contributed by atoms with van der Waals surface area (Å²) in [6.45, 7) is 4.93. The molecule has 1 aromatic rings. The Kier molecular flexibility index (Phi) is 5.88. The van der Waals surface area contributed by atoms with Crippen molar-refractivity contribution in [1.29, 1.82) is 0 Å². The van der Waals surface area contributed by atoms with E-state index in [9.17, 15) is 4.79 Å². The Bertz CT molecular complexity index is 606. The first-order chi connectivity index (χ1) is 12.2. The summed E-state index contributed by atoms with van der Waals surface area (Å²) in [5, 5.41) is 14.7. The van der Waals surface area contributed by atoms with Gasteiger partial charge in [-0.05, 0) is 26.2 Å². The Morgan fingerprint density at radius 2 is 2.16 bits per heavy atom. The van der Waals surface area contributed by atoms with Crippen LogP contribution in [0.2, 0.25) is 0 Å². The second kappa shape index (κ2) is 8.31. The molecule has 2 N–H and O–H groups in total. The zero-order valence-electron chi connectivity index (χ0n) is 15.2. The number of carbonyl (C=O) groups excluding carboxylic acids is 1. The van der Waals surface area contributed by atoms with Crippen LogP contribution in [0.25, 0.3) is 0 Å². The summed E-state index contributed by atoms with van der Waals surface area (Å²) in [6.07, 6.45) is 7.17. The van der Waals surface area contributed by atoms with Gasteiger partial charge >= 0.3 is 0 Å². The van der Waals surface area contributed by atoms with Crippen LogP contribution < -0.4 is 10.6 Å². The maximum absolute atomic E-state index is 12.6. The number of hydrogen-bond donors (Lipinski definition) is 2. The minimum atomic E-state index is 0.252. The minimum Gasteiger partial charge on any atom is -0.357 e. The van der Waals surface area contributed by atoms with Crippen LogP contribution in [0.4, 0.5) is 0 Å². The molecule has 138 valence electrons. The monoisotopic (exact) mass is 347 g/mol. The van der Waals surface area contributed by atoms with Crippen molar-refractivity contribution in [2.45, 2.75) is 51.6 Å². The van der Waals surface area contributed by atoms with Gasteiger partial charge < -0.3 is 20.1 Å². The summed E-state index contributed by atoms with van der Waals surface area (Å²) in [5.74, 6) is 2.20. The highest BCUT2D eigenvalue weighted by Gasteiger charge is 2.32. The molecule has 1 saturated heterocycles. The molecule has 3 rings (SSSR count). The summed E-state index contributed by atoms with van der Waals surface area (Å²) >= 11 is 0. The van der Waals surface area contributed by atoms with E-state index in [1.54, 1.807) is 6.33 Å². The molecular weight excluding hydrogens is 318 g/mol. The molecule has 1 aliphatic carbocycles. The van der Waals surface area contributed by atoms with Crippen LogP contribution in [0.15, 0.2) is 11.3 Å². The predicted molar refractivity (Wildman–Crippen MR) is 95.9 cm³/mol. The zero-order valence-corrected chi connectivity index (χ0v) is 15.2. The fraction of sp³-hybridized carbons (Fsp3) is 0.765. The fourth-order valence-electron chi connectivity index (χ4n) is 3.62. The number of aliphatic imine (C=N–C) groups is 1. The second-order valence-electron chi connectivity index (χ2n) is 6.95. The van der Waals surface area contributed by atoms with Crippen molar-refractivity contribution >= 4 is 11.9 Å². The summed E-state index contributed by atoms with van der Waals surface area (Å²) in [7, 11) is 1.91. The topological polar surface area (TPSA) is 87.4 Å². The first-order valence-electron chi connectivity index (χ1n) is 9.34. The maximum atomic E-state index is 12.6. The van der Waals surface area contributed by atoms with E-state index in [2.05, 4.69) is 25.8 Å². The summed E-state index contributed by atoms with van der Waals surface area (Å²) in [5.41, 5.74) is 0. The van der Waals surface area contributed by atoms with Crippen LogP contribution in [0, 0.1) is 5.92 Å². The predicted octanol–water partition coefficient (Wildman–Crippen LogP) is 0.661. The lowest BCUT2D eigenvalue weighted by molar-refractivity contribution is -0.134. The average molecular weight is 347 g/mol. The highest BCUT2D eigenvalue weighted by atomic mass is 16.2. The lowest BCUT2D eigenvalue weighted by Gasteiger charge is -2.21. The smallest absolute Gasteiger partial charge is 0.225 e. The van der Waals surface area contributed by atoms with Gasteiger partial charge in [0.15, 0.2) is 11.8 Å². The Morgan fingerprint density at radius 3 is 2.84 bits per heavy atom. The zero-order chi connectivity index (χ0) is 17.6. The molecule has 8 nitrogen and oxygen atoms in total. The molecule has 1 unspecified atom stereocenters. The Morgan fingerprint density at radius 1 is 1.36 bits per heavy atom. The molecule has 0 radical (unpaired) electrons. The van der Waals surface area contributed by atoms with E-state index in [1.807, 2.05) is 23.4 Å². The molecule has 0 aromatic carbocycles. The van der Waals surface area contributed by atoms with Gasteiger partial charge in [-0.1, -0.05) is 12.8 Å². The van der Waals surface area contributed by atoms with E-state index in [0.29, 0.717) is 12.5 Å². The fourth-order valence-corrected chi connectivity index (χ4v) is 3.62. The van der Waals surface area contributed by atoms with Gasteiger partial charge in [-0.3, -0.25) is 4.79 Å². The molecule has 1 saturated carbocycles. The van der Waals surface area contributed by atoms with E-state index >= 15 is 0 Å². The highest BCUT2D eigenvalue weighted by molar-refractivity contribution is 5.81. The quantitative estimate of drug-likeness (QED) is 0.604. The van der Waals surface area contributed by atoms with Crippen LogP contribution >= 0.6 is 0 Å². The highest BCUT2D eigenvalue weighted by Crippen LogP contribution is 2.27. The number of rotatable bonds is 5. The van der Waals surface area contributed by atoms with E-state index in [4.69, 9.17) is 0 Å². The van der Waals surface area contributed by atoms with E-state index < -0.39 is 0 Å². The van der Waals surface area contributed by atoms with Gasteiger partial charge in [0, 0.05) is 38.6 Å². The Labute approximate surface area is 149 Å². The normalized spacial score (nSPS) is 21.8. The van der Waals surface area contributed by atoms with Gasteiger partial charge in [-0.2, -0.15) is 0 Å². The van der Waals surface area contributed by atoms with E-state index in [0.717, 1.165) is 50.7 Å². The molecule has 2 heterocycles. The van der Waals surface area contributed by atoms with Gasteiger partial charge in [0.2, 0.25) is 5.91 Å². The molecule has 2 aliphatic rings. The van der Waals surface area contributed by atoms with E-state index in [1.165, 1.54) is 12.8 Å². The van der Waals surface area contributed by atoms with Crippen molar-refractivity contribution in [3.8, 4) is 0 Å². The summed E-state index contributed by atoms with van der Waals surface area (Å²) in [6, 6.07) is 0.252. The van der Waals surface area contributed by atoms with Gasteiger partial charge in [0.1, 0.15) is 12.9 Å². The number of likely N-dealkylation sites (tertiary alicyclic amines) is 1. The SMILES string of the molecule is CCNC(=NCc1nncn1C)NC1CCN(C(=O)C2CCCC2)C1. The molecule has 0 spiro atoms. The molecular formula is C17H29N7O. The van der Waals surface area contributed by atoms with Crippen LogP contribution in [-0.2, 0) is 18.4 Å². The third-order valence-electron chi connectivity index (χ3n) is 5.07. The lowest BCUT2D eigenvalue weighted by atomic mass is 10.1. The largest absolute Gasteiger partial charge is 0.357 e. The van der Waals surface area contributed by atoms with Crippen molar-refractivity contribution in [2.75, 3.05) is 19.6 Å². The molecule has 1 aromatic heterocycles. The number of hydrogen-bond acceptors (Lipinski definition) is 4. The number of carbonyl (C=O) groups is 1. The first-order valence-corrected chi connectivity index (χ1v) is 9.34. The van der Waals surface area contributed by atoms with Crippen LogP contribution in [0.5, 0.6) is 0 Å². The van der Waals surface area contributed by atoms with Gasteiger partial charge in [-0.25, -0.2) is 4.99 Å². The Balaban J connectivity index is 1.53. The Hall–Kier alpha value is -2.12. The minimum absolute atomic E-state index is 0.252. The number of aryl methyl sites for hydroxylation is 1. The van der Waals surface area contributed by atoms with E-state index in [-0.39, 0.29) is 12.0 Å². The van der Waals surface area contributed by atoms with Crippen molar-refractivity contribution in [2.24, 2.45) is 18.0 Å². The third kappa shape index (κ3) is 4.49. The van der Waals surface area contributed by atoms with Gasteiger partial charge in [-0.15, -0.1) is 10.2 Å². The molecule has 1 amide bonds. The molecule has 0 bridgehead atoms. The van der Waals surface area contributed by atoms with Crippen molar-refractivity contribution in [3.05, 3.63) is 12.2 Å². The van der Waals surface area contributed by atoms with Crippen LogP contribution in [-0.4, -0.2) is 57.2 Å². The van der Waals surface area contributed by atoms with Gasteiger partial charge in [0.05, 0.1) is 0 Å². The number of aromatic nitrogens is 3. The molecule has 1 aliphatic heterocycles. The lowest BCUT2D eigenvalue weighted by Crippen LogP contribution is -2.45. The molecule has 1 atom stereocenters. The van der Waals surface area contributed by atoms with Crippen molar-refractivity contribution in [3.63, 3.8) is 0 Å². The van der Waals surface area contributed by atoms with Crippen molar-refractivity contribution in [1.82, 2.24) is 30.3 Å². The van der Waals surface area contributed by atoms with Crippen LogP contribution in [0.1, 0.15) is 44.9 Å². The number of nitrogens with zero attached hydrogens (tertiary/aromatic N) is 5.